The van der Waals surface area contributed by atoms with Gasteiger partial charge in [0.25, 0.3) is 5.91 Å². The third-order valence-corrected chi connectivity index (χ3v) is 5.20. The second-order valence-corrected chi connectivity index (χ2v) is 7.84. The van der Waals surface area contributed by atoms with Crippen molar-refractivity contribution in [2.75, 3.05) is 10.6 Å². The Bertz CT molecular complexity index is 1230. The summed E-state index contributed by atoms with van der Waals surface area (Å²) >= 11 is 12.4. The fourth-order valence-electron chi connectivity index (χ4n) is 3.05. The molecule has 1 aliphatic heterocycles. The summed E-state index contributed by atoms with van der Waals surface area (Å²) in [6.07, 6.45) is 5.28. The number of urea groups is 1. The van der Waals surface area contributed by atoms with Crippen molar-refractivity contribution in [2.45, 2.75) is 18.9 Å². The van der Waals surface area contributed by atoms with Crippen LogP contribution >= 0.6 is 23.2 Å². The maximum Gasteiger partial charge on any atom is 0.326 e. The van der Waals surface area contributed by atoms with Crippen molar-refractivity contribution in [1.29, 1.82) is 0 Å². The quantitative estimate of drug-likeness (QED) is 0.354. The molecule has 1 saturated heterocycles. The largest absolute Gasteiger partial charge is 0.367 e. The summed E-state index contributed by atoms with van der Waals surface area (Å²) in [7, 11) is 0. The Labute approximate surface area is 180 Å². The third-order valence-electron chi connectivity index (χ3n) is 4.64. The first-order valence-corrected chi connectivity index (χ1v) is 9.93. The predicted molar refractivity (Wildman–Crippen MR) is 114 cm³/mol. The molecule has 1 aromatic carbocycles. The van der Waals surface area contributed by atoms with Gasteiger partial charge in [0, 0.05) is 22.7 Å². The summed E-state index contributed by atoms with van der Waals surface area (Å²) in [5.74, 6) is 0.762. The minimum absolute atomic E-state index is 0.129. The number of rotatable bonds is 5. The van der Waals surface area contributed by atoms with Gasteiger partial charge in [0.05, 0.1) is 16.9 Å². The van der Waals surface area contributed by atoms with Crippen molar-refractivity contribution in [3.8, 4) is 0 Å². The summed E-state index contributed by atoms with van der Waals surface area (Å²) in [4.78, 5) is 27.9. The number of anilines is 3. The van der Waals surface area contributed by atoms with Crippen LogP contribution in [0.2, 0.25) is 10.0 Å². The molecule has 1 aliphatic carbocycles. The average molecular weight is 444 g/mol. The molecule has 0 spiro atoms. The maximum atomic E-state index is 11.9. The summed E-state index contributed by atoms with van der Waals surface area (Å²) in [6, 6.07) is 6.75. The van der Waals surface area contributed by atoms with Gasteiger partial charge in [-0.05, 0) is 37.1 Å². The van der Waals surface area contributed by atoms with Crippen LogP contribution in [0, 0.1) is 0 Å². The van der Waals surface area contributed by atoms with E-state index < -0.39 is 11.9 Å². The highest BCUT2D eigenvalue weighted by Gasteiger charge is 2.25. The second kappa shape index (κ2) is 7.19. The number of carbonyl (C=O) groups is 2. The van der Waals surface area contributed by atoms with E-state index in [9.17, 15) is 9.59 Å². The first kappa shape index (κ1) is 18.7. The number of hydrogen-bond acceptors (Lipinski definition) is 6. The van der Waals surface area contributed by atoms with Crippen LogP contribution in [0.25, 0.3) is 11.7 Å². The fraction of sp³-hybridized carbons (Fsp3) is 0.158. The molecule has 9 nitrogen and oxygen atoms in total. The van der Waals surface area contributed by atoms with Gasteiger partial charge >= 0.3 is 6.03 Å². The number of nitrogens with zero attached hydrogens (tertiary/aromatic N) is 3. The smallest absolute Gasteiger partial charge is 0.326 e. The number of nitrogens with one attached hydrogen (secondary N) is 4. The summed E-state index contributed by atoms with van der Waals surface area (Å²) < 4.78 is 1.66. The molecule has 4 N–H and O–H groups in total. The minimum Gasteiger partial charge on any atom is -0.367 e. The van der Waals surface area contributed by atoms with Crippen LogP contribution in [-0.2, 0) is 4.79 Å². The Morgan fingerprint density at radius 3 is 2.73 bits per heavy atom. The predicted octanol–water partition coefficient (Wildman–Crippen LogP) is 3.53. The number of imide groups is 1. The van der Waals surface area contributed by atoms with E-state index in [1.807, 2.05) is 6.07 Å². The van der Waals surface area contributed by atoms with E-state index in [1.54, 1.807) is 28.9 Å². The van der Waals surface area contributed by atoms with Crippen LogP contribution in [-0.4, -0.2) is 32.6 Å². The highest BCUT2D eigenvalue weighted by Crippen LogP contribution is 2.31. The molecule has 0 unspecified atom stereocenters. The van der Waals surface area contributed by atoms with Crippen LogP contribution in [0.15, 0.2) is 36.2 Å². The zero-order chi connectivity index (χ0) is 20.8. The van der Waals surface area contributed by atoms with Crippen LogP contribution in [0.1, 0.15) is 18.4 Å². The number of aromatic nitrogens is 3. The lowest BCUT2D eigenvalue weighted by Gasteiger charge is -2.12. The van der Waals surface area contributed by atoms with E-state index in [1.165, 1.54) is 6.08 Å². The highest BCUT2D eigenvalue weighted by molar-refractivity contribution is 6.35. The fourth-order valence-corrected chi connectivity index (χ4v) is 3.39. The zero-order valence-corrected chi connectivity index (χ0v) is 16.9. The molecule has 3 aromatic rings. The molecule has 5 rings (SSSR count). The molecule has 0 bridgehead atoms. The molecule has 152 valence electrons. The van der Waals surface area contributed by atoms with E-state index in [0.29, 0.717) is 38.8 Å². The SMILES string of the molecule is O=C1NC(=O)/C(=C/c2cnn3c(NC4CC4)cc(Nc4cc(Cl)ccc4Cl)nc23)N1. The van der Waals surface area contributed by atoms with Gasteiger partial charge in [0.15, 0.2) is 5.65 Å². The van der Waals surface area contributed by atoms with Gasteiger partial charge in [-0.25, -0.2) is 9.78 Å². The number of carbonyl (C=O) groups excluding carboxylic acids is 2. The van der Waals surface area contributed by atoms with Gasteiger partial charge < -0.3 is 16.0 Å². The lowest BCUT2D eigenvalue weighted by molar-refractivity contribution is -0.115. The zero-order valence-electron chi connectivity index (χ0n) is 15.4. The standard InChI is InChI=1S/C19H15Cl2N7O2/c20-10-1-4-12(21)13(6-10)24-15-7-16(23-11-2-3-11)28-17(26-15)9(8-22-28)5-14-18(29)27-19(30)25-14/h1,4-8,11,23H,2-3H2,(H,24,26)(H2,25,27,29,30)/b14-5-. The van der Waals surface area contributed by atoms with Crippen molar-refractivity contribution in [3.63, 3.8) is 0 Å². The molecule has 2 aromatic heterocycles. The molecule has 11 heteroatoms. The maximum absolute atomic E-state index is 11.9. The second-order valence-electron chi connectivity index (χ2n) is 7.00. The molecule has 2 aliphatic rings. The molecule has 2 fully saturated rings. The normalized spacial score (nSPS) is 17.3. The Morgan fingerprint density at radius 1 is 1.17 bits per heavy atom. The first-order chi connectivity index (χ1) is 14.5. The Kier molecular flexibility index (Phi) is 4.48. The molecule has 0 atom stereocenters. The van der Waals surface area contributed by atoms with Crippen molar-refractivity contribution in [1.82, 2.24) is 25.2 Å². The van der Waals surface area contributed by atoms with E-state index in [4.69, 9.17) is 23.2 Å². The monoisotopic (exact) mass is 443 g/mol. The van der Waals surface area contributed by atoms with Crippen molar-refractivity contribution < 1.29 is 9.59 Å². The molecule has 3 amide bonds. The van der Waals surface area contributed by atoms with Crippen LogP contribution < -0.4 is 21.3 Å². The summed E-state index contributed by atoms with van der Waals surface area (Å²) in [6.45, 7) is 0. The van der Waals surface area contributed by atoms with Gasteiger partial charge in [-0.15, -0.1) is 0 Å². The first-order valence-electron chi connectivity index (χ1n) is 9.18. The number of fused-ring (bicyclic) bond motifs is 1. The number of amides is 3. The average Bonchev–Trinajstić information content (AvgIpc) is 3.34. The molecule has 3 heterocycles. The lowest BCUT2D eigenvalue weighted by Crippen LogP contribution is -2.22. The van der Waals surface area contributed by atoms with Crippen molar-refractivity contribution in [2.24, 2.45) is 0 Å². The molecular formula is C19H15Cl2N7O2. The third kappa shape index (κ3) is 3.64. The number of benzene rings is 1. The van der Waals surface area contributed by atoms with Gasteiger partial charge in [-0.1, -0.05) is 23.2 Å². The van der Waals surface area contributed by atoms with Gasteiger partial charge in [0.1, 0.15) is 17.3 Å². The number of halogens is 2. The molecular weight excluding hydrogens is 429 g/mol. The van der Waals surface area contributed by atoms with E-state index in [0.717, 1.165) is 18.7 Å². The van der Waals surface area contributed by atoms with Crippen molar-refractivity contribution >= 4 is 64.2 Å². The van der Waals surface area contributed by atoms with E-state index >= 15 is 0 Å². The topological polar surface area (TPSA) is 112 Å². The molecule has 30 heavy (non-hydrogen) atoms. The van der Waals surface area contributed by atoms with Gasteiger partial charge in [0.2, 0.25) is 0 Å². The Hall–Kier alpha value is -3.30. The lowest BCUT2D eigenvalue weighted by atomic mass is 10.2. The summed E-state index contributed by atoms with van der Waals surface area (Å²) in [5, 5.41) is 16.7. The Balaban J connectivity index is 1.59. The molecule has 1 saturated carbocycles. The minimum atomic E-state index is -0.565. The van der Waals surface area contributed by atoms with E-state index in [2.05, 4.69) is 31.3 Å². The van der Waals surface area contributed by atoms with Crippen LogP contribution in [0.3, 0.4) is 0 Å². The number of hydrogen-bond donors (Lipinski definition) is 4. The van der Waals surface area contributed by atoms with Crippen LogP contribution in [0.4, 0.5) is 22.1 Å². The van der Waals surface area contributed by atoms with E-state index in [-0.39, 0.29) is 5.70 Å². The van der Waals surface area contributed by atoms with Crippen LogP contribution in [0.5, 0.6) is 0 Å². The highest BCUT2D eigenvalue weighted by atomic mass is 35.5. The Morgan fingerprint density at radius 2 is 2.00 bits per heavy atom. The van der Waals surface area contributed by atoms with Gasteiger partial charge in [-0.3, -0.25) is 10.1 Å². The van der Waals surface area contributed by atoms with Gasteiger partial charge in [-0.2, -0.15) is 9.61 Å². The summed E-state index contributed by atoms with van der Waals surface area (Å²) in [5.41, 5.74) is 1.81. The molecule has 0 radical (unpaired) electrons. The van der Waals surface area contributed by atoms with Crippen molar-refractivity contribution in [3.05, 3.63) is 51.8 Å².